The fourth-order valence-electron chi connectivity index (χ4n) is 2.20. The number of aliphatic hydroxyl groups excluding tert-OH is 1. The van der Waals surface area contributed by atoms with Gasteiger partial charge in [-0.05, 0) is 44.4 Å². The lowest BCUT2D eigenvalue weighted by molar-refractivity contribution is 0.0438. The van der Waals surface area contributed by atoms with Crippen LogP contribution in [0.15, 0.2) is 18.2 Å². The van der Waals surface area contributed by atoms with Gasteiger partial charge in [-0.25, -0.2) is 9.18 Å². The number of aliphatic hydroxyl groups is 1. The molecule has 0 aromatic heterocycles. The molecule has 2 unspecified atom stereocenters. The number of alkyl carbamates (subject to hydrolysis) is 1. The van der Waals surface area contributed by atoms with Crippen LogP contribution in [0.2, 0.25) is 0 Å². The highest BCUT2D eigenvalue weighted by molar-refractivity contribution is 5.68. The van der Waals surface area contributed by atoms with Crippen LogP contribution in [-0.4, -0.2) is 22.8 Å². The number of carbonyl (C=O) groups excluding carboxylic acids is 1. The maximum absolute atomic E-state index is 13.6. The Hall–Kier alpha value is -1.62. The minimum Gasteiger partial charge on any atom is -0.444 e. The predicted molar refractivity (Wildman–Crippen MR) is 68.2 cm³/mol. The van der Waals surface area contributed by atoms with E-state index in [2.05, 4.69) is 5.32 Å². The van der Waals surface area contributed by atoms with Crippen molar-refractivity contribution in [2.45, 2.75) is 44.9 Å². The van der Waals surface area contributed by atoms with E-state index in [1.165, 1.54) is 6.07 Å². The molecule has 2 N–H and O–H groups in total. The van der Waals surface area contributed by atoms with Crippen LogP contribution in [0, 0.1) is 5.82 Å². The third-order valence-electron chi connectivity index (χ3n) is 2.98. The van der Waals surface area contributed by atoms with Gasteiger partial charge in [0.25, 0.3) is 0 Å². The molecule has 0 bridgehead atoms. The van der Waals surface area contributed by atoms with Gasteiger partial charge in [-0.1, -0.05) is 12.1 Å². The zero-order chi connectivity index (χ0) is 14.2. The summed E-state index contributed by atoms with van der Waals surface area (Å²) in [5.41, 5.74) is 0.378. The maximum atomic E-state index is 13.6. The summed E-state index contributed by atoms with van der Waals surface area (Å²) in [6.07, 6.45) is -1.24. The number of carbonyl (C=O) groups is 1. The van der Waals surface area contributed by atoms with Crippen molar-refractivity contribution in [2.24, 2.45) is 0 Å². The van der Waals surface area contributed by atoms with Gasteiger partial charge in [-0.15, -0.1) is 0 Å². The summed E-state index contributed by atoms with van der Waals surface area (Å²) in [5, 5.41) is 12.7. The fourth-order valence-corrected chi connectivity index (χ4v) is 2.20. The molecule has 1 aromatic rings. The van der Waals surface area contributed by atoms with Crippen molar-refractivity contribution in [1.29, 1.82) is 0 Å². The van der Waals surface area contributed by atoms with Crippen LogP contribution in [0.3, 0.4) is 0 Å². The molecule has 2 rings (SSSR count). The molecule has 5 heteroatoms. The Bertz CT molecular complexity index is 496. The summed E-state index contributed by atoms with van der Waals surface area (Å²) in [6, 6.07) is 4.01. The Morgan fingerprint density at radius 2 is 2.16 bits per heavy atom. The van der Waals surface area contributed by atoms with Crippen molar-refractivity contribution < 1.29 is 19.0 Å². The second-order valence-electron chi connectivity index (χ2n) is 5.71. The second-order valence-corrected chi connectivity index (χ2v) is 5.71. The van der Waals surface area contributed by atoms with Crippen LogP contribution in [0.1, 0.15) is 38.0 Å². The van der Waals surface area contributed by atoms with Gasteiger partial charge < -0.3 is 15.2 Å². The van der Waals surface area contributed by atoms with Gasteiger partial charge in [0.05, 0.1) is 12.1 Å². The SMILES string of the molecule is CC(C)(C)OC(=O)NC1Cc2c(F)cccc2C1O. The largest absolute Gasteiger partial charge is 0.444 e. The van der Waals surface area contributed by atoms with Crippen LogP contribution in [0.4, 0.5) is 9.18 Å². The Kier molecular flexibility index (Phi) is 3.49. The Balaban J connectivity index is 2.06. The number of hydrogen-bond donors (Lipinski definition) is 2. The standard InChI is InChI=1S/C14H18FNO3/c1-14(2,3)19-13(18)16-11-7-9-8(12(11)17)5-4-6-10(9)15/h4-6,11-12,17H,7H2,1-3H3,(H,16,18). The average molecular weight is 267 g/mol. The van der Waals surface area contributed by atoms with Crippen LogP contribution < -0.4 is 5.32 Å². The first kappa shape index (κ1) is 13.8. The minimum atomic E-state index is -0.904. The van der Waals surface area contributed by atoms with Crippen molar-refractivity contribution in [3.05, 3.63) is 35.1 Å². The van der Waals surface area contributed by atoms with E-state index in [4.69, 9.17) is 4.74 Å². The molecule has 0 aliphatic heterocycles. The number of halogens is 1. The predicted octanol–water partition coefficient (Wildman–Crippen LogP) is 2.31. The fraction of sp³-hybridized carbons (Fsp3) is 0.500. The zero-order valence-corrected chi connectivity index (χ0v) is 11.2. The summed E-state index contributed by atoms with van der Waals surface area (Å²) < 4.78 is 18.7. The van der Waals surface area contributed by atoms with Gasteiger partial charge in [0.15, 0.2) is 0 Å². The third-order valence-corrected chi connectivity index (χ3v) is 2.98. The Morgan fingerprint density at radius 1 is 1.47 bits per heavy atom. The van der Waals surface area contributed by atoms with E-state index in [1.54, 1.807) is 32.9 Å². The molecule has 1 aromatic carbocycles. The Labute approximate surface area is 111 Å². The molecule has 1 aliphatic rings. The summed E-state index contributed by atoms with van der Waals surface area (Å²) in [6.45, 7) is 5.27. The number of nitrogens with one attached hydrogen (secondary N) is 1. The Morgan fingerprint density at radius 3 is 2.74 bits per heavy atom. The highest BCUT2D eigenvalue weighted by Crippen LogP contribution is 2.33. The van der Waals surface area contributed by atoms with E-state index in [1.807, 2.05) is 0 Å². The van der Waals surface area contributed by atoms with Gasteiger partial charge in [-0.3, -0.25) is 0 Å². The van der Waals surface area contributed by atoms with Gasteiger partial charge in [-0.2, -0.15) is 0 Å². The maximum Gasteiger partial charge on any atom is 0.407 e. The van der Waals surface area contributed by atoms with E-state index >= 15 is 0 Å². The van der Waals surface area contributed by atoms with Crippen molar-refractivity contribution in [3.8, 4) is 0 Å². The molecule has 0 fully saturated rings. The van der Waals surface area contributed by atoms with Gasteiger partial charge >= 0.3 is 6.09 Å². The molecule has 0 radical (unpaired) electrons. The smallest absolute Gasteiger partial charge is 0.407 e. The average Bonchev–Trinajstić information content (AvgIpc) is 2.56. The van der Waals surface area contributed by atoms with Gasteiger partial charge in [0.2, 0.25) is 0 Å². The molecule has 4 nitrogen and oxygen atoms in total. The lowest BCUT2D eigenvalue weighted by Gasteiger charge is -2.23. The molecule has 0 saturated carbocycles. The van der Waals surface area contributed by atoms with Crippen LogP contribution in [0.5, 0.6) is 0 Å². The number of hydrogen-bond acceptors (Lipinski definition) is 3. The minimum absolute atomic E-state index is 0.266. The first-order valence-electron chi connectivity index (χ1n) is 6.23. The van der Waals surface area contributed by atoms with Crippen molar-refractivity contribution in [2.75, 3.05) is 0 Å². The monoisotopic (exact) mass is 267 g/mol. The van der Waals surface area contributed by atoms with Crippen LogP contribution >= 0.6 is 0 Å². The second kappa shape index (κ2) is 4.81. The van der Waals surface area contributed by atoms with E-state index in [9.17, 15) is 14.3 Å². The molecule has 2 atom stereocenters. The van der Waals surface area contributed by atoms with Crippen molar-refractivity contribution in [1.82, 2.24) is 5.32 Å². The highest BCUT2D eigenvalue weighted by atomic mass is 19.1. The number of ether oxygens (including phenoxy) is 1. The third kappa shape index (κ3) is 3.04. The number of rotatable bonds is 1. The first-order chi connectivity index (χ1) is 8.78. The van der Waals surface area contributed by atoms with Gasteiger partial charge in [0, 0.05) is 0 Å². The molecule has 0 spiro atoms. The summed E-state index contributed by atoms with van der Waals surface area (Å²) >= 11 is 0. The zero-order valence-electron chi connectivity index (χ0n) is 11.2. The first-order valence-corrected chi connectivity index (χ1v) is 6.23. The molecule has 104 valence electrons. The normalized spacial score (nSPS) is 21.9. The molecule has 0 heterocycles. The number of benzene rings is 1. The van der Waals surface area contributed by atoms with E-state index < -0.39 is 23.8 Å². The van der Waals surface area contributed by atoms with E-state index in [-0.39, 0.29) is 12.2 Å². The molecular weight excluding hydrogens is 249 g/mol. The summed E-state index contributed by atoms with van der Waals surface area (Å²) in [7, 11) is 0. The lowest BCUT2D eigenvalue weighted by atomic mass is 10.1. The summed E-state index contributed by atoms with van der Waals surface area (Å²) in [5.74, 6) is -0.356. The van der Waals surface area contributed by atoms with Crippen LogP contribution in [0.25, 0.3) is 0 Å². The molecule has 1 aliphatic carbocycles. The number of fused-ring (bicyclic) bond motifs is 1. The van der Waals surface area contributed by atoms with Gasteiger partial charge in [0.1, 0.15) is 11.4 Å². The quantitative estimate of drug-likeness (QED) is 0.821. The van der Waals surface area contributed by atoms with Crippen molar-refractivity contribution in [3.63, 3.8) is 0 Å². The van der Waals surface area contributed by atoms with Crippen LogP contribution in [-0.2, 0) is 11.2 Å². The number of amides is 1. The molecular formula is C14H18FNO3. The molecule has 1 amide bonds. The van der Waals surface area contributed by atoms with E-state index in [0.29, 0.717) is 11.1 Å². The van der Waals surface area contributed by atoms with Crippen molar-refractivity contribution >= 4 is 6.09 Å². The summed E-state index contributed by atoms with van der Waals surface area (Å²) in [4.78, 5) is 11.7. The highest BCUT2D eigenvalue weighted by Gasteiger charge is 2.34. The topological polar surface area (TPSA) is 58.6 Å². The van der Waals surface area contributed by atoms with E-state index in [0.717, 1.165) is 0 Å². The lowest BCUT2D eigenvalue weighted by Crippen LogP contribution is -2.41. The molecule has 19 heavy (non-hydrogen) atoms. The molecule has 0 saturated heterocycles.